The van der Waals surface area contributed by atoms with E-state index >= 15 is 0 Å². The fourth-order valence-corrected chi connectivity index (χ4v) is 10.1. The van der Waals surface area contributed by atoms with Gasteiger partial charge in [-0.05, 0) is 77.0 Å². The van der Waals surface area contributed by atoms with Gasteiger partial charge in [-0.2, -0.15) is 0 Å². The highest BCUT2D eigenvalue weighted by Gasteiger charge is 2.44. The first-order valence-corrected chi connectivity index (χ1v) is 32.9. The van der Waals surface area contributed by atoms with Crippen LogP contribution < -0.4 is 5.32 Å². The Morgan fingerprint density at radius 3 is 1.16 bits per heavy atom. The predicted octanol–water partition coefficient (Wildman–Crippen LogP) is 17.5. The Morgan fingerprint density at radius 2 is 0.785 bits per heavy atom. The van der Waals surface area contributed by atoms with Crippen LogP contribution in [0.15, 0.2) is 97.2 Å². The molecule has 79 heavy (non-hydrogen) atoms. The second-order valence-electron chi connectivity index (χ2n) is 22.5. The standard InChI is InChI=1S/C70H123NO8/c1-3-5-7-9-11-13-15-17-19-21-23-25-27-29-31-32-34-36-38-40-42-44-46-48-50-52-54-56-58-60-66(74)71-63(62-78-70-69(77)68(76)67(75)65(61-72)79-70)64(73)59-57-55-53-51-49-47-45-43-41-39-37-35-33-30-28-26-24-22-20-18-16-14-12-10-8-6-4-2/h5,7,11,13,17,19,23,25,29,31,34,36,40,42,46,48,63-65,67-70,72-73,75-77H,3-4,6,8-10,12,14-16,18,20-22,24,26-28,30,32-33,35,37-39,41,43-45,47,49-62H2,1-2H3,(H,71,74)/b7-5-,13-11-,19-17-,25-23-,31-29-,36-34-,42-40-,48-46-. The predicted molar refractivity (Wildman–Crippen MR) is 336 cm³/mol. The highest BCUT2D eigenvalue weighted by molar-refractivity contribution is 5.76. The van der Waals surface area contributed by atoms with Crippen molar-refractivity contribution in [3.05, 3.63) is 97.2 Å². The molecule has 9 heteroatoms. The molecular formula is C70H123NO8. The van der Waals surface area contributed by atoms with Crippen molar-refractivity contribution in [2.75, 3.05) is 13.2 Å². The smallest absolute Gasteiger partial charge is 0.220 e. The van der Waals surface area contributed by atoms with Gasteiger partial charge in [0.15, 0.2) is 6.29 Å². The summed E-state index contributed by atoms with van der Waals surface area (Å²) in [6, 6.07) is -0.742. The summed E-state index contributed by atoms with van der Waals surface area (Å²) in [5.41, 5.74) is 0. The average Bonchev–Trinajstić information content (AvgIpc) is 3.47. The molecule has 1 saturated heterocycles. The van der Waals surface area contributed by atoms with Crippen LogP contribution in [-0.2, 0) is 14.3 Å². The van der Waals surface area contributed by atoms with Gasteiger partial charge in [0.25, 0.3) is 0 Å². The van der Waals surface area contributed by atoms with E-state index in [1.807, 2.05) is 0 Å². The van der Waals surface area contributed by atoms with Gasteiger partial charge < -0.3 is 40.3 Å². The lowest BCUT2D eigenvalue weighted by Crippen LogP contribution is -2.60. The van der Waals surface area contributed by atoms with Crippen LogP contribution in [-0.4, -0.2) is 87.5 Å². The van der Waals surface area contributed by atoms with E-state index in [0.717, 1.165) is 103 Å². The fourth-order valence-electron chi connectivity index (χ4n) is 10.1. The number of nitrogens with one attached hydrogen (secondary N) is 1. The molecule has 0 saturated carbocycles. The Labute approximate surface area is 485 Å². The number of carbonyl (C=O) groups is 1. The summed E-state index contributed by atoms with van der Waals surface area (Å²) in [7, 11) is 0. The molecule has 0 aromatic rings. The van der Waals surface area contributed by atoms with Crippen LogP contribution >= 0.6 is 0 Å². The Morgan fingerprint density at radius 1 is 0.443 bits per heavy atom. The number of hydrogen-bond donors (Lipinski definition) is 6. The summed E-state index contributed by atoms with van der Waals surface area (Å²) in [6.45, 7) is 3.73. The van der Waals surface area contributed by atoms with Crippen LogP contribution in [0, 0.1) is 0 Å². The van der Waals surface area contributed by atoms with Gasteiger partial charge in [0.05, 0.1) is 25.4 Å². The second-order valence-corrected chi connectivity index (χ2v) is 22.5. The van der Waals surface area contributed by atoms with Gasteiger partial charge in [-0.1, -0.05) is 297 Å². The average molecular weight is 1110 g/mol. The van der Waals surface area contributed by atoms with E-state index in [-0.39, 0.29) is 12.5 Å². The van der Waals surface area contributed by atoms with Crippen LogP contribution in [0.2, 0.25) is 0 Å². The molecule has 1 amide bonds. The molecule has 0 spiro atoms. The van der Waals surface area contributed by atoms with Crippen molar-refractivity contribution in [1.82, 2.24) is 5.32 Å². The topological polar surface area (TPSA) is 149 Å². The summed E-state index contributed by atoms with van der Waals surface area (Å²) in [6.07, 6.45) is 77.4. The molecule has 0 aliphatic carbocycles. The third-order valence-corrected chi connectivity index (χ3v) is 15.2. The molecule has 1 aliphatic heterocycles. The third kappa shape index (κ3) is 47.3. The van der Waals surface area contributed by atoms with E-state index in [1.165, 1.54) is 154 Å². The molecule has 0 radical (unpaired) electrons. The number of hydrogen-bond acceptors (Lipinski definition) is 8. The molecule has 0 aromatic heterocycles. The molecule has 0 aromatic carbocycles. The van der Waals surface area contributed by atoms with Crippen molar-refractivity contribution in [3.63, 3.8) is 0 Å². The molecule has 6 N–H and O–H groups in total. The minimum Gasteiger partial charge on any atom is -0.394 e. The fraction of sp³-hybridized carbons (Fsp3) is 0.757. The quantitative estimate of drug-likeness (QED) is 0.0261. The number of unbranched alkanes of at least 4 members (excludes halogenated alkanes) is 30. The van der Waals surface area contributed by atoms with Gasteiger partial charge in [-0.15, -0.1) is 0 Å². The van der Waals surface area contributed by atoms with E-state index in [1.54, 1.807) is 0 Å². The molecule has 1 rings (SSSR count). The normalized spacial score (nSPS) is 19.2. The zero-order valence-corrected chi connectivity index (χ0v) is 50.9. The minimum atomic E-state index is -1.57. The largest absolute Gasteiger partial charge is 0.394 e. The first-order chi connectivity index (χ1) is 38.8. The number of allylic oxidation sites excluding steroid dienone is 16. The van der Waals surface area contributed by atoms with Gasteiger partial charge in [0, 0.05) is 6.42 Å². The van der Waals surface area contributed by atoms with Crippen molar-refractivity contribution in [2.24, 2.45) is 0 Å². The highest BCUT2D eigenvalue weighted by Crippen LogP contribution is 2.23. The van der Waals surface area contributed by atoms with Crippen molar-refractivity contribution in [2.45, 2.75) is 326 Å². The number of aliphatic hydroxyl groups excluding tert-OH is 5. The van der Waals surface area contributed by atoms with Crippen molar-refractivity contribution in [1.29, 1.82) is 0 Å². The van der Waals surface area contributed by atoms with Crippen LogP contribution in [0.25, 0.3) is 0 Å². The van der Waals surface area contributed by atoms with E-state index in [9.17, 15) is 30.3 Å². The van der Waals surface area contributed by atoms with Crippen molar-refractivity contribution >= 4 is 5.91 Å². The molecule has 1 fully saturated rings. The third-order valence-electron chi connectivity index (χ3n) is 15.2. The maximum atomic E-state index is 13.1. The van der Waals surface area contributed by atoms with Gasteiger partial charge in [0.2, 0.25) is 5.91 Å². The summed E-state index contributed by atoms with van der Waals surface area (Å²) >= 11 is 0. The van der Waals surface area contributed by atoms with E-state index < -0.39 is 49.5 Å². The monoisotopic (exact) mass is 1110 g/mol. The number of rotatable bonds is 56. The van der Waals surface area contributed by atoms with Crippen LogP contribution in [0.4, 0.5) is 0 Å². The lowest BCUT2D eigenvalue weighted by molar-refractivity contribution is -0.302. The summed E-state index contributed by atoms with van der Waals surface area (Å²) in [5, 5.41) is 54.9. The summed E-state index contributed by atoms with van der Waals surface area (Å²) in [5.74, 6) is -0.169. The lowest BCUT2D eigenvalue weighted by Gasteiger charge is -2.40. The molecule has 456 valence electrons. The SMILES string of the molecule is CC/C=C\C/C=C\C/C=C\C/C=C\C/C=C\C/C=C\C/C=C\C/C=C\CCCCCCC(=O)NC(COC1OC(CO)C(O)C(O)C1O)C(O)CCCCCCCCCCCCCCCCCCCCCCCCCCCCC. The Kier molecular flexibility index (Phi) is 54.7. The van der Waals surface area contributed by atoms with Gasteiger partial charge in [0.1, 0.15) is 24.4 Å². The lowest BCUT2D eigenvalue weighted by atomic mass is 9.99. The molecule has 1 heterocycles. The molecule has 7 unspecified atom stereocenters. The maximum Gasteiger partial charge on any atom is 0.220 e. The summed E-state index contributed by atoms with van der Waals surface area (Å²) < 4.78 is 11.3. The molecule has 0 bridgehead atoms. The van der Waals surface area contributed by atoms with Gasteiger partial charge in [-0.25, -0.2) is 0 Å². The zero-order chi connectivity index (χ0) is 57.2. The molecule has 7 atom stereocenters. The number of carbonyl (C=O) groups excluding carboxylic acids is 1. The number of aliphatic hydroxyl groups is 5. The second kappa shape index (κ2) is 58.3. The van der Waals surface area contributed by atoms with Crippen molar-refractivity contribution in [3.8, 4) is 0 Å². The maximum absolute atomic E-state index is 13.1. The van der Waals surface area contributed by atoms with Gasteiger partial charge >= 0.3 is 0 Å². The van der Waals surface area contributed by atoms with Crippen LogP contribution in [0.1, 0.15) is 284 Å². The van der Waals surface area contributed by atoms with E-state index in [2.05, 4.69) is 116 Å². The zero-order valence-electron chi connectivity index (χ0n) is 50.9. The first kappa shape index (κ1) is 74.1. The van der Waals surface area contributed by atoms with Crippen molar-refractivity contribution < 1.29 is 39.8 Å². The van der Waals surface area contributed by atoms with E-state index in [0.29, 0.717) is 12.8 Å². The molecule has 1 aliphatic rings. The van der Waals surface area contributed by atoms with E-state index in [4.69, 9.17) is 9.47 Å². The highest BCUT2D eigenvalue weighted by atomic mass is 16.7. The Bertz CT molecular complexity index is 1560. The summed E-state index contributed by atoms with van der Waals surface area (Å²) in [4.78, 5) is 13.1. The number of ether oxygens (including phenoxy) is 2. The molecule has 9 nitrogen and oxygen atoms in total. The Hall–Kier alpha value is -2.89. The van der Waals surface area contributed by atoms with Crippen LogP contribution in [0.5, 0.6) is 0 Å². The first-order valence-electron chi connectivity index (χ1n) is 32.9. The molecular weight excluding hydrogens is 983 g/mol. The minimum absolute atomic E-state index is 0.154. The number of amides is 1. The van der Waals surface area contributed by atoms with Gasteiger partial charge in [-0.3, -0.25) is 4.79 Å². The Balaban J connectivity index is 2.20. The van der Waals surface area contributed by atoms with Crippen LogP contribution in [0.3, 0.4) is 0 Å².